The van der Waals surface area contributed by atoms with Gasteiger partial charge < -0.3 is 15.1 Å². The summed E-state index contributed by atoms with van der Waals surface area (Å²) in [5, 5.41) is 3.23. The molecule has 0 aromatic carbocycles. The first-order chi connectivity index (χ1) is 9.04. The molecule has 0 aliphatic carbocycles. The number of hydrogen-bond acceptors (Lipinski definition) is 4. The smallest absolute Gasteiger partial charge is 0.0598 e. The molecule has 0 bridgehead atoms. The maximum atomic E-state index is 4.30. The number of hydrogen-bond donors (Lipinski definition) is 1. The van der Waals surface area contributed by atoms with Crippen molar-refractivity contribution in [2.24, 2.45) is 5.92 Å². The van der Waals surface area contributed by atoms with Crippen molar-refractivity contribution in [2.75, 3.05) is 45.7 Å². The summed E-state index contributed by atoms with van der Waals surface area (Å²) in [6.45, 7) is 8.56. The van der Waals surface area contributed by atoms with Gasteiger partial charge in [0.15, 0.2) is 0 Å². The Morgan fingerprint density at radius 1 is 1.26 bits per heavy atom. The van der Waals surface area contributed by atoms with E-state index in [0.717, 1.165) is 26.2 Å². The number of rotatable bonds is 8. The summed E-state index contributed by atoms with van der Waals surface area (Å²) in [6.07, 6.45) is 3.86. The Bertz CT molecular complexity index is 363. The Morgan fingerprint density at radius 2 is 2.00 bits per heavy atom. The van der Waals surface area contributed by atoms with Gasteiger partial charge in [0.25, 0.3) is 0 Å². The molecule has 1 rings (SSSR count). The van der Waals surface area contributed by atoms with E-state index in [0.29, 0.717) is 5.92 Å². The summed E-state index contributed by atoms with van der Waals surface area (Å²) in [7, 11) is 6.22. The molecule has 0 amide bonds. The minimum atomic E-state index is 0.643. The molecule has 0 fully saturated rings. The van der Waals surface area contributed by atoms with Gasteiger partial charge in [0.2, 0.25) is 0 Å². The SMILES string of the molecule is CNCc1ccncc1N(CCN(C)C)CC(C)C. The molecule has 0 saturated carbocycles. The van der Waals surface area contributed by atoms with Crippen LogP contribution >= 0.6 is 0 Å². The second-order valence-corrected chi connectivity index (χ2v) is 5.68. The van der Waals surface area contributed by atoms with Gasteiger partial charge >= 0.3 is 0 Å². The first-order valence-electron chi connectivity index (χ1n) is 7.01. The third kappa shape index (κ3) is 5.57. The van der Waals surface area contributed by atoms with Crippen LogP contribution in [0.3, 0.4) is 0 Å². The Labute approximate surface area is 117 Å². The topological polar surface area (TPSA) is 31.4 Å². The molecule has 0 atom stereocenters. The lowest BCUT2D eigenvalue weighted by molar-refractivity contribution is 0.408. The van der Waals surface area contributed by atoms with Crippen LogP contribution in [0.2, 0.25) is 0 Å². The van der Waals surface area contributed by atoms with E-state index < -0.39 is 0 Å². The fourth-order valence-corrected chi connectivity index (χ4v) is 2.11. The van der Waals surface area contributed by atoms with Crippen molar-refractivity contribution in [3.63, 3.8) is 0 Å². The molecule has 1 aromatic rings. The standard InChI is InChI=1S/C15H28N4/c1-13(2)12-19(9-8-18(4)5)15-11-17-7-6-14(15)10-16-3/h6-7,11,13,16H,8-10,12H2,1-5H3. The van der Waals surface area contributed by atoms with Crippen molar-refractivity contribution in [3.05, 3.63) is 24.0 Å². The van der Waals surface area contributed by atoms with Gasteiger partial charge in [-0.05, 0) is 38.7 Å². The van der Waals surface area contributed by atoms with E-state index in [4.69, 9.17) is 0 Å². The van der Waals surface area contributed by atoms with Gasteiger partial charge in [-0.25, -0.2) is 0 Å². The molecule has 0 unspecified atom stereocenters. The average molecular weight is 264 g/mol. The monoisotopic (exact) mass is 264 g/mol. The zero-order valence-electron chi connectivity index (χ0n) is 13.0. The van der Waals surface area contributed by atoms with Crippen molar-refractivity contribution in [3.8, 4) is 0 Å². The highest BCUT2D eigenvalue weighted by Crippen LogP contribution is 2.20. The fraction of sp³-hybridized carbons (Fsp3) is 0.667. The summed E-state index contributed by atoms with van der Waals surface area (Å²) in [4.78, 5) is 8.97. The highest BCUT2D eigenvalue weighted by atomic mass is 15.2. The van der Waals surface area contributed by atoms with Crippen LogP contribution < -0.4 is 10.2 Å². The minimum Gasteiger partial charge on any atom is -0.368 e. The largest absolute Gasteiger partial charge is 0.368 e. The van der Waals surface area contributed by atoms with E-state index in [1.165, 1.54) is 11.3 Å². The second kappa shape index (κ2) is 8.12. The maximum absolute atomic E-state index is 4.30. The number of likely N-dealkylation sites (N-methyl/N-ethyl adjacent to an activating group) is 1. The maximum Gasteiger partial charge on any atom is 0.0598 e. The van der Waals surface area contributed by atoms with Gasteiger partial charge in [0.05, 0.1) is 11.9 Å². The zero-order valence-corrected chi connectivity index (χ0v) is 13.0. The van der Waals surface area contributed by atoms with E-state index in [-0.39, 0.29) is 0 Å². The summed E-state index contributed by atoms with van der Waals surface area (Å²) >= 11 is 0. The fourth-order valence-electron chi connectivity index (χ4n) is 2.11. The Kier molecular flexibility index (Phi) is 6.81. The van der Waals surface area contributed by atoms with Crippen LogP contribution in [0, 0.1) is 5.92 Å². The number of nitrogens with zero attached hydrogens (tertiary/aromatic N) is 3. The summed E-state index contributed by atoms with van der Waals surface area (Å²) < 4.78 is 0. The van der Waals surface area contributed by atoms with Crippen LogP contribution in [0.25, 0.3) is 0 Å². The van der Waals surface area contributed by atoms with Gasteiger partial charge in [-0.3, -0.25) is 4.98 Å². The quantitative estimate of drug-likeness (QED) is 0.776. The van der Waals surface area contributed by atoms with Crippen molar-refractivity contribution in [2.45, 2.75) is 20.4 Å². The van der Waals surface area contributed by atoms with E-state index in [9.17, 15) is 0 Å². The van der Waals surface area contributed by atoms with Crippen LogP contribution in [-0.2, 0) is 6.54 Å². The Balaban J connectivity index is 2.88. The zero-order chi connectivity index (χ0) is 14.3. The van der Waals surface area contributed by atoms with Gasteiger partial charge in [0.1, 0.15) is 0 Å². The molecule has 4 heteroatoms. The predicted molar refractivity (Wildman–Crippen MR) is 82.6 cm³/mol. The number of nitrogens with one attached hydrogen (secondary N) is 1. The molecule has 0 saturated heterocycles. The summed E-state index contributed by atoms with van der Waals surface area (Å²) in [5.74, 6) is 0.643. The number of aromatic nitrogens is 1. The molecule has 0 radical (unpaired) electrons. The highest BCUT2D eigenvalue weighted by Gasteiger charge is 2.12. The molecule has 1 N–H and O–H groups in total. The Hall–Kier alpha value is -1.13. The summed E-state index contributed by atoms with van der Waals surface area (Å²) in [6, 6.07) is 2.11. The van der Waals surface area contributed by atoms with E-state index in [1.54, 1.807) is 0 Å². The lowest BCUT2D eigenvalue weighted by atomic mass is 10.1. The van der Waals surface area contributed by atoms with Gasteiger partial charge in [-0.2, -0.15) is 0 Å². The van der Waals surface area contributed by atoms with Crippen LogP contribution in [0.5, 0.6) is 0 Å². The molecule has 19 heavy (non-hydrogen) atoms. The van der Waals surface area contributed by atoms with Gasteiger partial charge in [0, 0.05) is 32.4 Å². The van der Waals surface area contributed by atoms with Crippen molar-refractivity contribution in [1.82, 2.24) is 15.2 Å². The Morgan fingerprint density at radius 3 is 2.58 bits per heavy atom. The molecule has 0 spiro atoms. The predicted octanol–water partition coefficient (Wildman–Crippen LogP) is 1.82. The molecule has 4 nitrogen and oxygen atoms in total. The molecule has 1 heterocycles. The summed E-state index contributed by atoms with van der Waals surface area (Å²) in [5.41, 5.74) is 2.57. The second-order valence-electron chi connectivity index (χ2n) is 5.68. The van der Waals surface area contributed by atoms with E-state index in [2.05, 4.69) is 54.1 Å². The lowest BCUT2D eigenvalue weighted by Crippen LogP contribution is -2.35. The van der Waals surface area contributed by atoms with Crippen LogP contribution in [-0.4, -0.2) is 50.7 Å². The normalized spacial score (nSPS) is 11.3. The first-order valence-corrected chi connectivity index (χ1v) is 7.01. The third-order valence-corrected chi connectivity index (χ3v) is 3.00. The third-order valence-electron chi connectivity index (χ3n) is 3.00. The van der Waals surface area contributed by atoms with Crippen LogP contribution in [0.15, 0.2) is 18.5 Å². The molecule has 1 aromatic heterocycles. The van der Waals surface area contributed by atoms with Crippen LogP contribution in [0.4, 0.5) is 5.69 Å². The molecule has 108 valence electrons. The molecule has 0 aliphatic rings. The number of anilines is 1. The molecular formula is C15H28N4. The van der Waals surface area contributed by atoms with Crippen molar-refractivity contribution >= 4 is 5.69 Å². The van der Waals surface area contributed by atoms with Gasteiger partial charge in [-0.15, -0.1) is 0 Å². The first kappa shape index (κ1) is 15.9. The van der Waals surface area contributed by atoms with E-state index >= 15 is 0 Å². The average Bonchev–Trinajstić information content (AvgIpc) is 2.35. The minimum absolute atomic E-state index is 0.643. The van der Waals surface area contributed by atoms with E-state index in [1.807, 2.05) is 19.4 Å². The highest BCUT2D eigenvalue weighted by molar-refractivity contribution is 5.51. The van der Waals surface area contributed by atoms with Gasteiger partial charge in [-0.1, -0.05) is 13.8 Å². The van der Waals surface area contributed by atoms with Crippen molar-refractivity contribution in [1.29, 1.82) is 0 Å². The lowest BCUT2D eigenvalue weighted by Gasteiger charge is -2.29. The number of pyridine rings is 1. The van der Waals surface area contributed by atoms with Crippen LogP contribution in [0.1, 0.15) is 19.4 Å². The van der Waals surface area contributed by atoms with Crippen molar-refractivity contribution < 1.29 is 0 Å². The molecular weight excluding hydrogens is 236 g/mol. The molecule has 0 aliphatic heterocycles.